The Morgan fingerprint density at radius 3 is 2.04 bits per heavy atom. The van der Waals surface area contributed by atoms with Crippen LogP contribution in [-0.2, 0) is 0 Å². The van der Waals surface area contributed by atoms with Gasteiger partial charge in [0.1, 0.15) is 0 Å². The molecule has 5 nitrogen and oxygen atoms in total. The maximum absolute atomic E-state index is 5.06. The van der Waals surface area contributed by atoms with Gasteiger partial charge in [0.25, 0.3) is 0 Å². The summed E-state index contributed by atoms with van der Waals surface area (Å²) in [6.07, 6.45) is 14.4. The molecule has 3 heterocycles. The van der Waals surface area contributed by atoms with Crippen molar-refractivity contribution in [2.45, 2.75) is 27.5 Å². The Hall–Kier alpha value is -5.72. The number of benzene rings is 3. The Kier molecular flexibility index (Phi) is 11.2. The van der Waals surface area contributed by atoms with E-state index in [1.165, 1.54) is 10.9 Å². The van der Waals surface area contributed by atoms with Crippen molar-refractivity contribution in [2.24, 2.45) is 0 Å². The molecule has 6 rings (SSSR count). The summed E-state index contributed by atoms with van der Waals surface area (Å²) in [4.78, 5) is 19.7. The van der Waals surface area contributed by atoms with Crippen molar-refractivity contribution in [3.63, 3.8) is 0 Å². The van der Waals surface area contributed by atoms with E-state index in [-0.39, 0.29) is 0 Å². The molecular weight excluding hydrogens is 640 g/mol. The van der Waals surface area contributed by atoms with Gasteiger partial charge in [0, 0.05) is 11.1 Å². The van der Waals surface area contributed by atoms with E-state index >= 15 is 0 Å². The molecule has 0 unspecified atom stereocenters. The van der Waals surface area contributed by atoms with Crippen molar-refractivity contribution in [3.8, 4) is 22.8 Å². The standard InChI is InChI=1S/C43H38B2N5S/c1-7-18-34-35-23-16-17-24-38(35)50(39(34)28-44-5)33(9-3)25-26-36(45-6)43-46-37(29(4)51-43)27-30(8-2)40-47-41(31-19-12-10-13-20-31)49-42(48-40)32-21-14-11-15-22-32/h7-28H,3-4H2,1-2,5-6H3/b18-7-,30-8+,33-25+,36-26-,37-27+. The molecular formula is C43H38B2N5S. The molecule has 51 heavy (non-hydrogen) atoms. The van der Waals surface area contributed by atoms with Gasteiger partial charge in [0.2, 0.25) is 0 Å². The zero-order chi connectivity index (χ0) is 35.7. The van der Waals surface area contributed by atoms with Crippen LogP contribution in [0.4, 0.5) is 0 Å². The van der Waals surface area contributed by atoms with Crippen LogP contribution in [-0.4, -0.2) is 44.7 Å². The first-order valence-corrected chi connectivity index (χ1v) is 17.8. The minimum absolute atomic E-state index is 0.573. The second-order valence-electron chi connectivity index (χ2n) is 11.6. The normalized spacial score (nSPS) is 13.0. The Morgan fingerprint density at radius 2 is 1.45 bits per heavy atom. The SMILES string of the molecule is C=C/C(=C\C=C(/[B]C)c1n/c(=C/C(=C\C)c2nc(-c3ccccc3)nc(-c3ccccc3)n2)c(=C)s1)n1c(C=BC)c(/C=C\C)c2ccccc21. The van der Waals surface area contributed by atoms with Gasteiger partial charge in [0.05, 0.1) is 0 Å². The van der Waals surface area contributed by atoms with E-state index in [2.05, 4.69) is 86.5 Å². The first-order chi connectivity index (χ1) is 25.0. The van der Waals surface area contributed by atoms with Gasteiger partial charge in [0.15, 0.2) is 17.5 Å². The molecule has 1 radical (unpaired) electrons. The topological polar surface area (TPSA) is 56.5 Å². The molecule has 0 amide bonds. The second-order valence-corrected chi connectivity index (χ2v) is 12.7. The molecule has 0 fully saturated rings. The molecule has 0 aliphatic heterocycles. The molecule has 0 saturated heterocycles. The van der Waals surface area contributed by atoms with E-state index in [4.69, 9.17) is 19.9 Å². The second kappa shape index (κ2) is 16.3. The predicted molar refractivity (Wildman–Crippen MR) is 223 cm³/mol. The van der Waals surface area contributed by atoms with Crippen molar-refractivity contribution >= 4 is 77.9 Å². The first kappa shape index (κ1) is 35.1. The summed E-state index contributed by atoms with van der Waals surface area (Å²) in [5.74, 6) is 3.95. The molecule has 0 aliphatic carbocycles. The number of hydrogen-bond donors (Lipinski definition) is 0. The van der Waals surface area contributed by atoms with Crippen LogP contribution >= 0.6 is 11.3 Å². The van der Waals surface area contributed by atoms with Crippen LogP contribution < -0.4 is 9.88 Å². The fraction of sp³-hybridized carbons (Fsp3) is 0.0930. The van der Waals surface area contributed by atoms with Crippen LogP contribution in [0.5, 0.6) is 0 Å². The van der Waals surface area contributed by atoms with Gasteiger partial charge in [-0.25, -0.2) is 15.0 Å². The van der Waals surface area contributed by atoms with Crippen molar-refractivity contribution < 1.29 is 0 Å². The third-order valence-electron chi connectivity index (χ3n) is 8.36. The van der Waals surface area contributed by atoms with Crippen molar-refractivity contribution in [3.05, 3.63) is 154 Å². The predicted octanol–water partition coefficient (Wildman–Crippen LogP) is 8.67. The number of rotatable bonds is 11. The summed E-state index contributed by atoms with van der Waals surface area (Å²) in [6.45, 7) is 18.7. The Morgan fingerprint density at radius 1 is 0.804 bits per heavy atom. The molecule has 0 N–H and O–H groups in total. The Balaban J connectivity index is 1.42. The number of fused-ring (bicyclic) bond motifs is 1. The summed E-state index contributed by atoms with van der Waals surface area (Å²) < 4.78 is 3.11. The van der Waals surface area contributed by atoms with Gasteiger partial charge in [-0.3, -0.25) is 0 Å². The average Bonchev–Trinajstić information content (AvgIpc) is 3.69. The molecule has 247 valence electrons. The van der Waals surface area contributed by atoms with Gasteiger partial charge in [-0.2, -0.15) is 0 Å². The van der Waals surface area contributed by atoms with E-state index in [1.54, 1.807) is 11.3 Å². The molecule has 3 aromatic carbocycles. The van der Waals surface area contributed by atoms with Crippen LogP contribution in [0.2, 0.25) is 13.6 Å². The summed E-state index contributed by atoms with van der Waals surface area (Å²) in [6, 6.07) is 28.4. The molecule has 0 spiro atoms. The van der Waals surface area contributed by atoms with Crippen LogP contribution in [0.15, 0.2) is 122 Å². The van der Waals surface area contributed by atoms with E-state index in [0.717, 1.165) is 54.0 Å². The third-order valence-corrected chi connectivity index (χ3v) is 9.33. The zero-order valence-corrected chi connectivity index (χ0v) is 30.2. The van der Waals surface area contributed by atoms with Crippen molar-refractivity contribution in [1.82, 2.24) is 24.5 Å². The van der Waals surface area contributed by atoms with Crippen LogP contribution in [0.3, 0.4) is 0 Å². The number of thiazole rings is 1. The number of allylic oxidation sites excluding steroid dienone is 7. The average molecular weight is 679 g/mol. The van der Waals surface area contributed by atoms with E-state index in [9.17, 15) is 0 Å². The molecule has 3 aromatic heterocycles. The van der Waals surface area contributed by atoms with Gasteiger partial charge in [-0.15, -0.1) is 0 Å². The minimum atomic E-state index is 0.573. The molecule has 0 bridgehead atoms. The number of para-hydroxylation sites is 1. The molecule has 0 aliphatic rings. The van der Waals surface area contributed by atoms with Gasteiger partial charge in [-0.1, -0.05) is 66.7 Å². The monoisotopic (exact) mass is 678 g/mol. The zero-order valence-electron chi connectivity index (χ0n) is 29.4. The maximum atomic E-state index is 5.06. The summed E-state index contributed by atoms with van der Waals surface area (Å²) >= 11 is 1.56. The number of nitrogens with zero attached hydrogens (tertiary/aromatic N) is 5. The fourth-order valence-electron chi connectivity index (χ4n) is 5.89. The van der Waals surface area contributed by atoms with Crippen molar-refractivity contribution in [1.29, 1.82) is 0 Å². The third kappa shape index (κ3) is 7.57. The fourth-order valence-corrected chi connectivity index (χ4v) is 6.78. The van der Waals surface area contributed by atoms with Gasteiger partial charge >= 0.3 is 189 Å². The first-order valence-electron chi connectivity index (χ1n) is 16.9. The van der Waals surface area contributed by atoms with E-state index in [1.807, 2.05) is 106 Å². The Labute approximate surface area is 305 Å². The van der Waals surface area contributed by atoms with E-state index in [0.29, 0.717) is 17.5 Å². The molecule has 0 saturated carbocycles. The molecule has 6 aromatic rings. The summed E-state index contributed by atoms with van der Waals surface area (Å²) in [5.41, 5.74) is 8.03. The molecule has 0 atom stereocenters. The van der Waals surface area contributed by atoms with Crippen LogP contribution in [0, 0.1) is 0 Å². The molecule has 8 heteroatoms. The number of hydrogen-bond acceptors (Lipinski definition) is 5. The van der Waals surface area contributed by atoms with Crippen molar-refractivity contribution in [2.75, 3.05) is 0 Å². The summed E-state index contributed by atoms with van der Waals surface area (Å²) in [5, 5.41) is 2.83. The van der Waals surface area contributed by atoms with Crippen LogP contribution in [0.25, 0.3) is 69.2 Å². The number of aromatic nitrogens is 5. The van der Waals surface area contributed by atoms with E-state index < -0.39 is 0 Å². The summed E-state index contributed by atoms with van der Waals surface area (Å²) in [7, 11) is 2.08. The Bertz CT molecular complexity index is 2410. The van der Waals surface area contributed by atoms with Crippen LogP contribution in [0.1, 0.15) is 35.9 Å². The quantitative estimate of drug-likeness (QED) is 0.102. The van der Waals surface area contributed by atoms with Gasteiger partial charge < -0.3 is 0 Å². The van der Waals surface area contributed by atoms with Gasteiger partial charge in [-0.05, 0) is 6.92 Å².